The summed E-state index contributed by atoms with van der Waals surface area (Å²) in [6, 6.07) is 7.93. The molecule has 0 saturated heterocycles. The van der Waals surface area contributed by atoms with E-state index in [4.69, 9.17) is 9.84 Å². The Morgan fingerprint density at radius 3 is 3.00 bits per heavy atom. The Bertz CT molecular complexity index is 460. The van der Waals surface area contributed by atoms with Gasteiger partial charge in [0.1, 0.15) is 0 Å². The van der Waals surface area contributed by atoms with E-state index >= 15 is 0 Å². The Balaban J connectivity index is 1.58. The topological polar surface area (TPSA) is 49.8 Å². The first-order chi connectivity index (χ1) is 8.79. The van der Waals surface area contributed by atoms with Crippen LogP contribution >= 0.6 is 0 Å². The van der Waals surface area contributed by atoms with Gasteiger partial charge in [-0.2, -0.15) is 0 Å². The molecule has 96 valence electrons. The summed E-state index contributed by atoms with van der Waals surface area (Å²) >= 11 is 0. The van der Waals surface area contributed by atoms with Gasteiger partial charge in [0, 0.05) is 13.2 Å². The number of aliphatic hydroxyl groups is 1. The maximum Gasteiger partial charge on any atom is 0.414 e. The van der Waals surface area contributed by atoms with E-state index in [1.165, 1.54) is 5.56 Å². The number of rotatable bonds is 3. The molecule has 4 heteroatoms. The van der Waals surface area contributed by atoms with Gasteiger partial charge < -0.3 is 9.84 Å². The third kappa shape index (κ3) is 2.08. The Kier molecular flexibility index (Phi) is 2.96. The Hall–Kier alpha value is -1.55. The number of carbonyl (C=O) groups is 1. The Morgan fingerprint density at radius 1 is 1.39 bits per heavy atom. The standard InChI is InChI=1S/C14H17NO3/c16-8-11-7-12(11)9-18-14(17)15-6-5-10-3-1-2-4-13(10)15/h1-4,11-12,16H,5-9H2. The first-order valence-corrected chi connectivity index (χ1v) is 6.42. The van der Waals surface area contributed by atoms with Crippen LogP contribution in [0.5, 0.6) is 0 Å². The highest BCUT2D eigenvalue weighted by Gasteiger charge is 2.38. The number of para-hydroxylation sites is 1. The van der Waals surface area contributed by atoms with E-state index in [0.717, 1.165) is 18.5 Å². The van der Waals surface area contributed by atoms with Crippen molar-refractivity contribution < 1.29 is 14.6 Å². The zero-order valence-electron chi connectivity index (χ0n) is 10.2. The van der Waals surface area contributed by atoms with Gasteiger partial charge in [0.05, 0.1) is 12.3 Å². The zero-order valence-corrected chi connectivity index (χ0v) is 10.2. The van der Waals surface area contributed by atoms with Crippen molar-refractivity contribution in [3.63, 3.8) is 0 Å². The molecule has 0 aromatic heterocycles. The van der Waals surface area contributed by atoms with Crippen molar-refractivity contribution in [3.8, 4) is 0 Å². The molecular formula is C14H17NO3. The van der Waals surface area contributed by atoms with Crippen LogP contribution in [0, 0.1) is 11.8 Å². The largest absolute Gasteiger partial charge is 0.449 e. The Morgan fingerprint density at radius 2 is 2.22 bits per heavy atom. The van der Waals surface area contributed by atoms with Crippen molar-refractivity contribution in [2.24, 2.45) is 11.8 Å². The number of anilines is 1. The number of carbonyl (C=O) groups excluding carboxylic acids is 1. The molecule has 1 aliphatic heterocycles. The third-order valence-corrected chi connectivity index (χ3v) is 3.83. The number of amides is 1. The van der Waals surface area contributed by atoms with Crippen molar-refractivity contribution >= 4 is 11.8 Å². The second kappa shape index (κ2) is 4.61. The van der Waals surface area contributed by atoms with Crippen LogP contribution in [0.3, 0.4) is 0 Å². The molecule has 0 spiro atoms. The summed E-state index contributed by atoms with van der Waals surface area (Å²) in [5, 5.41) is 8.93. The van der Waals surface area contributed by atoms with Crippen LogP contribution in [-0.2, 0) is 11.2 Å². The van der Waals surface area contributed by atoms with Gasteiger partial charge in [0.2, 0.25) is 0 Å². The van der Waals surface area contributed by atoms with Gasteiger partial charge in [-0.25, -0.2) is 4.79 Å². The number of ether oxygens (including phenoxy) is 1. The second-order valence-corrected chi connectivity index (χ2v) is 5.05. The lowest BCUT2D eigenvalue weighted by molar-refractivity contribution is 0.144. The molecule has 2 atom stereocenters. The fourth-order valence-corrected chi connectivity index (χ4v) is 2.52. The van der Waals surface area contributed by atoms with Gasteiger partial charge in [-0.05, 0) is 36.3 Å². The number of aliphatic hydroxyl groups excluding tert-OH is 1. The van der Waals surface area contributed by atoms with Crippen LogP contribution in [0.15, 0.2) is 24.3 Å². The van der Waals surface area contributed by atoms with Gasteiger partial charge in [0.15, 0.2) is 0 Å². The fourth-order valence-electron chi connectivity index (χ4n) is 2.52. The fraction of sp³-hybridized carbons (Fsp3) is 0.500. The van der Waals surface area contributed by atoms with E-state index in [-0.39, 0.29) is 12.7 Å². The minimum Gasteiger partial charge on any atom is -0.449 e. The average Bonchev–Trinajstić information content (AvgIpc) is 3.04. The maximum atomic E-state index is 12.0. The number of hydrogen-bond acceptors (Lipinski definition) is 3. The number of benzene rings is 1. The monoisotopic (exact) mass is 247 g/mol. The molecule has 1 saturated carbocycles. The lowest BCUT2D eigenvalue weighted by Crippen LogP contribution is -2.30. The summed E-state index contributed by atoms with van der Waals surface area (Å²) in [5.74, 6) is 0.695. The molecule has 1 aromatic rings. The second-order valence-electron chi connectivity index (χ2n) is 5.05. The molecule has 1 fully saturated rings. The first kappa shape index (κ1) is 11.5. The van der Waals surface area contributed by atoms with Gasteiger partial charge in [-0.3, -0.25) is 4.90 Å². The van der Waals surface area contributed by atoms with Crippen molar-refractivity contribution in [1.82, 2.24) is 0 Å². The number of hydrogen-bond donors (Lipinski definition) is 1. The lowest BCUT2D eigenvalue weighted by Gasteiger charge is -2.16. The molecule has 1 aromatic carbocycles. The molecule has 1 aliphatic carbocycles. The van der Waals surface area contributed by atoms with Gasteiger partial charge >= 0.3 is 6.09 Å². The third-order valence-electron chi connectivity index (χ3n) is 3.83. The molecule has 0 radical (unpaired) electrons. The van der Waals surface area contributed by atoms with Crippen LogP contribution in [0.25, 0.3) is 0 Å². The molecule has 1 heterocycles. The van der Waals surface area contributed by atoms with Crippen LogP contribution in [-0.4, -0.2) is 31.0 Å². The van der Waals surface area contributed by atoms with Gasteiger partial charge in [-0.1, -0.05) is 18.2 Å². The molecule has 4 nitrogen and oxygen atoms in total. The van der Waals surface area contributed by atoms with Crippen molar-refractivity contribution in [3.05, 3.63) is 29.8 Å². The predicted molar refractivity (Wildman–Crippen MR) is 67.5 cm³/mol. The summed E-state index contributed by atoms with van der Waals surface area (Å²) < 4.78 is 5.31. The molecule has 2 unspecified atom stereocenters. The minimum atomic E-state index is -0.261. The van der Waals surface area contributed by atoms with E-state index < -0.39 is 0 Å². The van der Waals surface area contributed by atoms with Crippen LogP contribution in [0.2, 0.25) is 0 Å². The predicted octanol–water partition coefficient (Wildman–Crippen LogP) is 1.81. The first-order valence-electron chi connectivity index (χ1n) is 6.42. The average molecular weight is 247 g/mol. The number of nitrogens with zero attached hydrogens (tertiary/aromatic N) is 1. The Labute approximate surface area is 106 Å². The van der Waals surface area contributed by atoms with Crippen molar-refractivity contribution in [1.29, 1.82) is 0 Å². The normalized spacial score (nSPS) is 24.8. The van der Waals surface area contributed by atoms with E-state index in [9.17, 15) is 4.79 Å². The summed E-state index contributed by atoms with van der Waals surface area (Å²) in [6.45, 7) is 1.34. The zero-order chi connectivity index (χ0) is 12.5. The van der Waals surface area contributed by atoms with Gasteiger partial charge in [-0.15, -0.1) is 0 Å². The summed E-state index contributed by atoms with van der Waals surface area (Å²) in [5.41, 5.74) is 2.17. The van der Waals surface area contributed by atoms with E-state index in [2.05, 4.69) is 0 Å². The summed E-state index contributed by atoms with van der Waals surface area (Å²) in [6.07, 6.45) is 1.61. The molecule has 0 bridgehead atoms. The number of fused-ring (bicyclic) bond motifs is 1. The highest BCUT2D eigenvalue weighted by molar-refractivity contribution is 5.90. The van der Waals surface area contributed by atoms with E-state index in [1.54, 1.807) is 4.90 Å². The van der Waals surface area contributed by atoms with Gasteiger partial charge in [0.25, 0.3) is 0 Å². The van der Waals surface area contributed by atoms with Crippen molar-refractivity contribution in [2.75, 3.05) is 24.7 Å². The highest BCUT2D eigenvalue weighted by atomic mass is 16.6. The molecule has 1 amide bonds. The molecule has 1 N–H and O–H groups in total. The lowest BCUT2D eigenvalue weighted by atomic mass is 10.2. The molecule has 2 aliphatic rings. The molecule has 3 rings (SSSR count). The van der Waals surface area contributed by atoms with Crippen LogP contribution < -0.4 is 4.90 Å². The van der Waals surface area contributed by atoms with Crippen molar-refractivity contribution in [2.45, 2.75) is 12.8 Å². The summed E-state index contributed by atoms with van der Waals surface area (Å²) in [7, 11) is 0. The minimum absolute atomic E-state index is 0.203. The summed E-state index contributed by atoms with van der Waals surface area (Å²) in [4.78, 5) is 13.7. The quantitative estimate of drug-likeness (QED) is 0.886. The smallest absolute Gasteiger partial charge is 0.414 e. The maximum absolute atomic E-state index is 12.0. The van der Waals surface area contributed by atoms with Crippen LogP contribution in [0.4, 0.5) is 10.5 Å². The van der Waals surface area contributed by atoms with E-state index in [0.29, 0.717) is 25.0 Å². The van der Waals surface area contributed by atoms with Crippen LogP contribution in [0.1, 0.15) is 12.0 Å². The van der Waals surface area contributed by atoms with E-state index in [1.807, 2.05) is 24.3 Å². The SMILES string of the molecule is O=C(OCC1CC1CO)N1CCc2ccccc21. The molecular weight excluding hydrogens is 230 g/mol. The highest BCUT2D eigenvalue weighted by Crippen LogP contribution is 2.38. The molecule has 18 heavy (non-hydrogen) atoms.